The van der Waals surface area contributed by atoms with E-state index < -0.39 is 10.1 Å². The molecular weight excluding hydrogens is 414 g/mol. The zero-order valence-electron chi connectivity index (χ0n) is 16.9. The summed E-state index contributed by atoms with van der Waals surface area (Å²) in [6.07, 6.45) is 0.511. The summed E-state index contributed by atoms with van der Waals surface area (Å²) in [6, 6.07) is 24.8. The Bertz CT molecular complexity index is 1120. The molecule has 0 spiro atoms. The summed E-state index contributed by atoms with van der Waals surface area (Å²) in [5.74, 6) is 0.196. The standard InChI is InChI=1S/C24H23NO5S/c26-24-18-29-23(17-25(24)16-15-19-7-3-1-4-8-19)20-11-13-21(14-12-20)30-31(27,28)22-9-5-2-6-10-22/h1-14,23H,15-18H2/t23-/m1/s1. The van der Waals surface area contributed by atoms with Crippen molar-refractivity contribution in [2.75, 3.05) is 19.7 Å². The summed E-state index contributed by atoms with van der Waals surface area (Å²) in [4.78, 5) is 14.2. The van der Waals surface area contributed by atoms with Crippen molar-refractivity contribution in [2.45, 2.75) is 17.4 Å². The smallest absolute Gasteiger partial charge is 0.339 e. The lowest BCUT2D eigenvalue weighted by Gasteiger charge is -2.33. The Hall–Kier alpha value is -3.16. The molecule has 31 heavy (non-hydrogen) atoms. The number of carbonyl (C=O) groups excluding carboxylic acids is 1. The van der Waals surface area contributed by atoms with E-state index in [2.05, 4.69) is 0 Å². The minimum atomic E-state index is -3.88. The van der Waals surface area contributed by atoms with Crippen molar-refractivity contribution in [3.63, 3.8) is 0 Å². The Morgan fingerprint density at radius 2 is 1.55 bits per heavy atom. The second-order valence-electron chi connectivity index (χ2n) is 7.29. The summed E-state index contributed by atoms with van der Waals surface area (Å²) in [6.45, 7) is 1.10. The maximum atomic E-state index is 12.4. The van der Waals surface area contributed by atoms with Gasteiger partial charge >= 0.3 is 10.1 Å². The van der Waals surface area contributed by atoms with Crippen molar-refractivity contribution in [3.8, 4) is 5.75 Å². The van der Waals surface area contributed by atoms with Crippen LogP contribution in [0.5, 0.6) is 5.75 Å². The number of carbonyl (C=O) groups is 1. The van der Waals surface area contributed by atoms with E-state index in [9.17, 15) is 13.2 Å². The minimum absolute atomic E-state index is 0.0268. The van der Waals surface area contributed by atoms with Gasteiger partial charge in [-0.3, -0.25) is 4.79 Å². The highest BCUT2D eigenvalue weighted by molar-refractivity contribution is 7.87. The maximum absolute atomic E-state index is 12.4. The number of hydrogen-bond donors (Lipinski definition) is 0. The number of ether oxygens (including phenoxy) is 1. The summed E-state index contributed by atoms with van der Waals surface area (Å²) in [5, 5.41) is 0. The number of benzene rings is 3. The molecule has 1 heterocycles. The molecule has 1 aliphatic rings. The molecule has 0 aromatic heterocycles. The van der Waals surface area contributed by atoms with E-state index in [1.54, 1.807) is 42.5 Å². The first kappa shape index (κ1) is 21.1. The van der Waals surface area contributed by atoms with Crippen LogP contribution in [0.1, 0.15) is 17.2 Å². The van der Waals surface area contributed by atoms with Gasteiger partial charge in [0, 0.05) is 6.54 Å². The predicted molar refractivity (Wildman–Crippen MR) is 116 cm³/mol. The van der Waals surface area contributed by atoms with Gasteiger partial charge in [-0.15, -0.1) is 0 Å². The molecule has 1 atom stereocenters. The van der Waals surface area contributed by atoms with Crippen molar-refractivity contribution in [2.24, 2.45) is 0 Å². The van der Waals surface area contributed by atoms with E-state index >= 15 is 0 Å². The molecule has 0 aliphatic carbocycles. The van der Waals surface area contributed by atoms with Crippen LogP contribution in [-0.2, 0) is 26.1 Å². The third-order valence-corrected chi connectivity index (χ3v) is 6.41. The van der Waals surface area contributed by atoms with Crippen LogP contribution in [0.4, 0.5) is 0 Å². The molecule has 160 valence electrons. The molecule has 1 fully saturated rings. The van der Waals surface area contributed by atoms with E-state index in [-0.39, 0.29) is 29.3 Å². The quantitative estimate of drug-likeness (QED) is 0.528. The molecule has 0 radical (unpaired) electrons. The second kappa shape index (κ2) is 9.32. The molecule has 3 aromatic carbocycles. The molecule has 1 amide bonds. The van der Waals surface area contributed by atoms with Crippen LogP contribution in [-0.4, -0.2) is 38.9 Å². The van der Waals surface area contributed by atoms with Crippen LogP contribution >= 0.6 is 0 Å². The molecule has 7 heteroatoms. The third-order valence-electron chi connectivity index (χ3n) is 5.15. The lowest BCUT2D eigenvalue weighted by molar-refractivity contribution is -0.149. The Morgan fingerprint density at radius 1 is 0.903 bits per heavy atom. The lowest BCUT2D eigenvalue weighted by atomic mass is 10.1. The first-order chi connectivity index (χ1) is 15.0. The Kier molecular flexibility index (Phi) is 6.34. The molecule has 3 aromatic rings. The molecule has 1 saturated heterocycles. The van der Waals surface area contributed by atoms with E-state index in [4.69, 9.17) is 8.92 Å². The Balaban J connectivity index is 1.39. The highest BCUT2D eigenvalue weighted by Crippen LogP contribution is 2.26. The fourth-order valence-corrected chi connectivity index (χ4v) is 4.40. The molecule has 0 saturated carbocycles. The van der Waals surface area contributed by atoms with Crippen molar-refractivity contribution in [1.82, 2.24) is 4.90 Å². The molecule has 0 unspecified atom stereocenters. The van der Waals surface area contributed by atoms with E-state index in [0.29, 0.717) is 13.1 Å². The zero-order chi connectivity index (χ0) is 21.7. The highest BCUT2D eigenvalue weighted by atomic mass is 32.2. The maximum Gasteiger partial charge on any atom is 0.339 e. The van der Waals surface area contributed by atoms with E-state index in [0.717, 1.165) is 12.0 Å². The van der Waals surface area contributed by atoms with E-state index in [1.165, 1.54) is 17.7 Å². The summed E-state index contributed by atoms with van der Waals surface area (Å²) >= 11 is 0. The first-order valence-electron chi connectivity index (χ1n) is 10.0. The Labute approximate surface area is 182 Å². The van der Waals surface area contributed by atoms with Crippen LogP contribution in [0.3, 0.4) is 0 Å². The van der Waals surface area contributed by atoms with Gasteiger partial charge in [-0.1, -0.05) is 60.7 Å². The topological polar surface area (TPSA) is 72.9 Å². The molecule has 0 N–H and O–H groups in total. The van der Waals surface area contributed by atoms with Gasteiger partial charge in [0.2, 0.25) is 5.91 Å². The van der Waals surface area contributed by atoms with Crippen LogP contribution < -0.4 is 4.18 Å². The van der Waals surface area contributed by atoms with Crippen molar-refractivity contribution >= 4 is 16.0 Å². The van der Waals surface area contributed by atoms with Crippen LogP contribution in [0, 0.1) is 0 Å². The summed E-state index contributed by atoms with van der Waals surface area (Å²) < 4.78 is 35.7. The van der Waals surface area contributed by atoms with Crippen molar-refractivity contribution in [3.05, 3.63) is 96.1 Å². The molecule has 6 nitrogen and oxygen atoms in total. The predicted octanol–water partition coefficient (Wildman–Crippen LogP) is 3.60. The number of amides is 1. The number of nitrogens with zero attached hydrogens (tertiary/aromatic N) is 1. The SMILES string of the molecule is O=C1CO[C@@H](c2ccc(OS(=O)(=O)c3ccccc3)cc2)CN1CCc1ccccc1. The van der Waals surface area contributed by atoms with Gasteiger partial charge in [-0.25, -0.2) is 0 Å². The first-order valence-corrected chi connectivity index (χ1v) is 11.4. The monoisotopic (exact) mass is 437 g/mol. The van der Waals surface area contributed by atoms with Gasteiger partial charge in [0.05, 0.1) is 6.54 Å². The number of morpholine rings is 1. The second-order valence-corrected chi connectivity index (χ2v) is 8.84. The fraction of sp³-hybridized carbons (Fsp3) is 0.208. The number of rotatable bonds is 7. The van der Waals surface area contributed by atoms with Gasteiger partial charge in [-0.2, -0.15) is 8.42 Å². The number of hydrogen-bond acceptors (Lipinski definition) is 5. The van der Waals surface area contributed by atoms with Gasteiger partial charge in [0.25, 0.3) is 0 Å². The fourth-order valence-electron chi connectivity index (χ4n) is 3.44. The van der Waals surface area contributed by atoms with Crippen LogP contribution in [0.15, 0.2) is 89.8 Å². The highest BCUT2D eigenvalue weighted by Gasteiger charge is 2.27. The largest absolute Gasteiger partial charge is 0.379 e. The van der Waals surface area contributed by atoms with Gasteiger partial charge in [0.15, 0.2) is 0 Å². The van der Waals surface area contributed by atoms with Gasteiger partial charge in [0.1, 0.15) is 23.4 Å². The van der Waals surface area contributed by atoms with Crippen LogP contribution in [0.2, 0.25) is 0 Å². The average molecular weight is 438 g/mol. The molecule has 1 aliphatic heterocycles. The van der Waals surface area contributed by atoms with Crippen molar-refractivity contribution < 1.29 is 22.1 Å². The summed E-state index contributed by atoms with van der Waals surface area (Å²) in [5.41, 5.74) is 2.04. The van der Waals surface area contributed by atoms with Crippen LogP contribution in [0.25, 0.3) is 0 Å². The molecule has 0 bridgehead atoms. The zero-order valence-corrected chi connectivity index (χ0v) is 17.7. The van der Waals surface area contributed by atoms with Crippen molar-refractivity contribution in [1.29, 1.82) is 0 Å². The Morgan fingerprint density at radius 3 is 2.23 bits per heavy atom. The van der Waals surface area contributed by atoms with Gasteiger partial charge < -0.3 is 13.8 Å². The lowest BCUT2D eigenvalue weighted by Crippen LogP contribution is -2.44. The average Bonchev–Trinajstić information content (AvgIpc) is 2.80. The normalized spacial score (nSPS) is 16.8. The van der Waals surface area contributed by atoms with E-state index in [1.807, 2.05) is 35.2 Å². The molecule has 4 rings (SSSR count). The minimum Gasteiger partial charge on any atom is -0.379 e. The molecular formula is C24H23NO5S. The summed E-state index contributed by atoms with van der Waals surface area (Å²) in [7, 11) is -3.88. The van der Waals surface area contributed by atoms with Gasteiger partial charge in [-0.05, 0) is 41.8 Å². The third kappa shape index (κ3) is 5.31.